The Labute approximate surface area is 219 Å². The van der Waals surface area contributed by atoms with E-state index in [9.17, 15) is 22.4 Å². The second-order valence-corrected chi connectivity index (χ2v) is 8.61. The lowest BCUT2D eigenvalue weighted by molar-refractivity contribution is -0.137. The van der Waals surface area contributed by atoms with Crippen molar-refractivity contribution in [3.8, 4) is 5.88 Å². The second kappa shape index (κ2) is 11.0. The average Bonchev–Trinajstić information content (AvgIpc) is 2.83. The van der Waals surface area contributed by atoms with Crippen molar-refractivity contribution >= 4 is 51.3 Å². The molecule has 0 spiro atoms. The molecule has 2 heterocycles. The maximum absolute atomic E-state index is 14.1. The summed E-state index contributed by atoms with van der Waals surface area (Å²) in [6.45, 7) is 0.237. The van der Waals surface area contributed by atoms with Gasteiger partial charge in [0.2, 0.25) is 5.88 Å². The number of anilines is 3. The summed E-state index contributed by atoms with van der Waals surface area (Å²) in [5.74, 6) is -0.653. The van der Waals surface area contributed by atoms with Crippen LogP contribution < -0.4 is 20.3 Å². The first kappa shape index (κ1) is 27.7. The Hall–Kier alpha value is -2.89. The topological polar surface area (TPSA) is 71.7 Å². The summed E-state index contributed by atoms with van der Waals surface area (Å²) in [4.78, 5) is 20.6. The number of aryl methyl sites for hydroxylation is 1. The average molecular weight is 590 g/mol. The molecule has 4 rings (SSSR count). The number of methoxy groups -OCH3 is 1. The highest BCUT2D eigenvalue weighted by Gasteiger charge is 2.37. The standard InChI is InChI=1S/C24H21BrF4N4O2.ClH/c1-35-21-9-8-19(22(25)31-21)33-13-32(18-7-5-16(26)11-14(18)3-2-10-30)20-12-15(24(27,28)29)4-6-17(20)23(33)34;/h4-9,11-12H,2-3,10,13,30H2,1H3;1H. The van der Waals surface area contributed by atoms with Crippen LogP contribution in [0.4, 0.5) is 34.6 Å². The fraction of sp³-hybridized carbons (Fsp3) is 0.250. The molecule has 2 aromatic carbocycles. The zero-order valence-corrected chi connectivity index (χ0v) is 21.4. The lowest BCUT2D eigenvalue weighted by Crippen LogP contribution is -2.45. The van der Waals surface area contributed by atoms with Gasteiger partial charge in [-0.15, -0.1) is 12.4 Å². The molecule has 1 aromatic heterocycles. The third-order valence-electron chi connectivity index (χ3n) is 5.66. The quantitative estimate of drug-likeness (QED) is 0.279. The van der Waals surface area contributed by atoms with Crippen LogP contribution in [0.25, 0.3) is 0 Å². The minimum Gasteiger partial charge on any atom is -0.481 e. The van der Waals surface area contributed by atoms with E-state index in [2.05, 4.69) is 20.9 Å². The molecule has 6 nitrogen and oxygen atoms in total. The van der Waals surface area contributed by atoms with Crippen LogP contribution in [-0.4, -0.2) is 31.2 Å². The number of fused-ring (bicyclic) bond motifs is 1. The highest BCUT2D eigenvalue weighted by Crippen LogP contribution is 2.42. The molecule has 2 N–H and O–H groups in total. The third kappa shape index (κ3) is 5.42. The molecular formula is C24H22BrClF4N4O2. The number of ether oxygens (including phenoxy) is 1. The fourth-order valence-electron chi connectivity index (χ4n) is 3.97. The van der Waals surface area contributed by atoms with Gasteiger partial charge in [0.15, 0.2) is 0 Å². The lowest BCUT2D eigenvalue weighted by Gasteiger charge is -2.39. The molecule has 0 atom stereocenters. The van der Waals surface area contributed by atoms with E-state index in [1.807, 2.05) is 0 Å². The Morgan fingerprint density at radius 2 is 1.78 bits per heavy atom. The first-order valence-electron chi connectivity index (χ1n) is 10.6. The van der Waals surface area contributed by atoms with Crippen LogP contribution in [0.3, 0.4) is 0 Å². The first-order valence-corrected chi connectivity index (χ1v) is 11.4. The van der Waals surface area contributed by atoms with E-state index >= 15 is 0 Å². The van der Waals surface area contributed by atoms with Crippen molar-refractivity contribution in [3.05, 3.63) is 75.6 Å². The molecule has 0 saturated heterocycles. The highest BCUT2D eigenvalue weighted by atomic mass is 79.9. The van der Waals surface area contributed by atoms with Crippen molar-refractivity contribution in [2.45, 2.75) is 19.0 Å². The number of nitrogens with two attached hydrogens (primary N) is 1. The number of rotatable bonds is 6. The normalized spacial score (nSPS) is 13.4. The maximum atomic E-state index is 14.1. The predicted octanol–water partition coefficient (Wildman–Crippen LogP) is 6.08. The van der Waals surface area contributed by atoms with E-state index in [-0.39, 0.29) is 30.3 Å². The van der Waals surface area contributed by atoms with E-state index in [0.717, 1.165) is 18.2 Å². The third-order valence-corrected chi connectivity index (χ3v) is 6.24. The summed E-state index contributed by atoms with van der Waals surface area (Å²) < 4.78 is 60.2. The summed E-state index contributed by atoms with van der Waals surface area (Å²) >= 11 is 3.35. The van der Waals surface area contributed by atoms with Gasteiger partial charge < -0.3 is 15.4 Å². The van der Waals surface area contributed by atoms with Crippen LogP contribution in [0, 0.1) is 5.82 Å². The number of pyridine rings is 1. The molecule has 0 bridgehead atoms. The number of benzene rings is 2. The smallest absolute Gasteiger partial charge is 0.416 e. The van der Waals surface area contributed by atoms with Crippen molar-refractivity contribution in [1.29, 1.82) is 0 Å². The van der Waals surface area contributed by atoms with Crippen molar-refractivity contribution in [2.24, 2.45) is 5.73 Å². The Bertz CT molecular complexity index is 1280. The molecule has 36 heavy (non-hydrogen) atoms. The molecule has 0 radical (unpaired) electrons. The fourth-order valence-corrected chi connectivity index (χ4v) is 4.49. The zero-order chi connectivity index (χ0) is 25.3. The summed E-state index contributed by atoms with van der Waals surface area (Å²) in [6.07, 6.45) is -3.64. The summed E-state index contributed by atoms with van der Waals surface area (Å²) in [5, 5.41) is 0. The van der Waals surface area contributed by atoms with Gasteiger partial charge >= 0.3 is 6.18 Å². The van der Waals surface area contributed by atoms with Gasteiger partial charge in [0.25, 0.3) is 5.91 Å². The number of carbonyl (C=O) groups is 1. The van der Waals surface area contributed by atoms with E-state index in [1.165, 1.54) is 30.2 Å². The van der Waals surface area contributed by atoms with Gasteiger partial charge in [-0.1, -0.05) is 0 Å². The van der Waals surface area contributed by atoms with E-state index in [1.54, 1.807) is 17.0 Å². The maximum Gasteiger partial charge on any atom is 0.416 e. The first-order chi connectivity index (χ1) is 16.6. The predicted molar refractivity (Wildman–Crippen MR) is 135 cm³/mol. The van der Waals surface area contributed by atoms with Gasteiger partial charge in [0.1, 0.15) is 17.1 Å². The molecule has 1 aliphatic heterocycles. The number of aromatic nitrogens is 1. The van der Waals surface area contributed by atoms with Gasteiger partial charge in [0, 0.05) is 11.8 Å². The molecule has 1 amide bonds. The van der Waals surface area contributed by atoms with Crippen molar-refractivity contribution in [2.75, 3.05) is 30.1 Å². The Morgan fingerprint density at radius 3 is 2.42 bits per heavy atom. The highest BCUT2D eigenvalue weighted by molar-refractivity contribution is 9.10. The number of hydrogen-bond donors (Lipinski definition) is 1. The molecule has 0 unspecified atom stereocenters. The van der Waals surface area contributed by atoms with Gasteiger partial charge in [-0.3, -0.25) is 9.69 Å². The Balaban J connectivity index is 0.00000361. The number of nitrogens with zero attached hydrogens (tertiary/aromatic N) is 3. The van der Waals surface area contributed by atoms with Crippen LogP contribution in [-0.2, 0) is 12.6 Å². The molecule has 0 aliphatic carbocycles. The molecular weight excluding hydrogens is 568 g/mol. The van der Waals surface area contributed by atoms with Crippen LogP contribution in [0.15, 0.2) is 53.1 Å². The lowest BCUT2D eigenvalue weighted by atomic mass is 10.0. The molecule has 1 aliphatic rings. The summed E-state index contributed by atoms with van der Waals surface area (Å²) in [7, 11) is 1.45. The summed E-state index contributed by atoms with van der Waals surface area (Å²) in [5.41, 5.74) is 6.35. The molecule has 0 saturated carbocycles. The summed E-state index contributed by atoms with van der Waals surface area (Å²) in [6, 6.07) is 10.3. The molecule has 3 aromatic rings. The van der Waals surface area contributed by atoms with E-state index in [4.69, 9.17) is 10.5 Å². The number of alkyl halides is 3. The van der Waals surface area contributed by atoms with Gasteiger partial charge in [-0.05, 0) is 83.3 Å². The van der Waals surface area contributed by atoms with Crippen molar-refractivity contribution in [3.63, 3.8) is 0 Å². The van der Waals surface area contributed by atoms with Gasteiger partial charge in [-0.2, -0.15) is 13.2 Å². The number of amides is 1. The molecule has 12 heteroatoms. The zero-order valence-electron chi connectivity index (χ0n) is 19.0. The van der Waals surface area contributed by atoms with E-state index in [0.29, 0.717) is 46.8 Å². The minimum atomic E-state index is -4.60. The van der Waals surface area contributed by atoms with Crippen LogP contribution in [0.1, 0.15) is 27.9 Å². The number of halogens is 6. The van der Waals surface area contributed by atoms with Gasteiger partial charge in [-0.25, -0.2) is 9.37 Å². The number of hydrogen-bond acceptors (Lipinski definition) is 5. The van der Waals surface area contributed by atoms with Crippen LogP contribution in [0.2, 0.25) is 0 Å². The van der Waals surface area contributed by atoms with Crippen molar-refractivity contribution < 1.29 is 27.1 Å². The Morgan fingerprint density at radius 1 is 1.06 bits per heavy atom. The molecule has 0 fully saturated rings. The Kier molecular flexibility index (Phi) is 8.48. The van der Waals surface area contributed by atoms with Crippen molar-refractivity contribution in [1.82, 2.24) is 4.98 Å². The minimum absolute atomic E-state index is 0. The van der Waals surface area contributed by atoms with E-state index < -0.39 is 23.5 Å². The van der Waals surface area contributed by atoms with Crippen LogP contribution >= 0.6 is 28.3 Å². The van der Waals surface area contributed by atoms with Crippen LogP contribution in [0.5, 0.6) is 5.88 Å². The number of carbonyl (C=O) groups excluding carboxylic acids is 1. The largest absolute Gasteiger partial charge is 0.481 e. The second-order valence-electron chi connectivity index (χ2n) is 7.86. The SMILES string of the molecule is COc1ccc(N2CN(c3ccc(F)cc3CCCN)c3cc(C(F)(F)F)ccc3C2=O)c(Br)n1.Cl. The molecule has 192 valence electrons. The van der Waals surface area contributed by atoms with Gasteiger partial charge in [0.05, 0.1) is 29.6 Å². The monoisotopic (exact) mass is 588 g/mol.